The van der Waals surface area contributed by atoms with Crippen LogP contribution in [0, 0.1) is 0 Å². The molecule has 0 saturated carbocycles. The average Bonchev–Trinajstić information content (AvgIpc) is 2.78. The molecule has 0 fully saturated rings. The van der Waals surface area contributed by atoms with Gasteiger partial charge in [-0.1, -0.05) is 23.4 Å². The fraction of sp³-hybridized carbons (Fsp3) is 0.308. The van der Waals surface area contributed by atoms with Gasteiger partial charge in [0.15, 0.2) is 5.17 Å². The van der Waals surface area contributed by atoms with Crippen LogP contribution in [0.4, 0.5) is 5.69 Å². The lowest BCUT2D eigenvalue weighted by Crippen LogP contribution is -2.22. The van der Waals surface area contributed by atoms with Gasteiger partial charge in [0.1, 0.15) is 16.7 Å². The van der Waals surface area contributed by atoms with E-state index >= 15 is 0 Å². The number of anilines is 1. The van der Waals surface area contributed by atoms with E-state index in [-0.39, 0.29) is 17.5 Å². The van der Waals surface area contributed by atoms with E-state index in [9.17, 15) is 9.59 Å². The van der Waals surface area contributed by atoms with E-state index in [1.165, 1.54) is 20.3 Å². The molecule has 9 heteroatoms. The summed E-state index contributed by atoms with van der Waals surface area (Å²) in [5, 5.41) is 2.60. The van der Waals surface area contributed by atoms with Crippen molar-refractivity contribution in [2.24, 2.45) is 10.7 Å². The zero-order chi connectivity index (χ0) is 16.3. The summed E-state index contributed by atoms with van der Waals surface area (Å²) in [7, 11) is 2.92. The molecule has 1 heterocycles. The lowest BCUT2D eigenvalue weighted by Gasteiger charge is -2.14. The third-order valence-corrected chi connectivity index (χ3v) is 4.16. The number of hydrogen-bond acceptors (Lipinski definition) is 6. The number of carbonyl (C=O) groups excluding carboxylic acids is 2. The average molecular weight is 344 g/mol. The number of aliphatic imine (C=N–C) groups is 1. The zero-order valence-electron chi connectivity index (χ0n) is 11.9. The molecule has 7 nitrogen and oxygen atoms in total. The van der Waals surface area contributed by atoms with E-state index in [0.29, 0.717) is 22.2 Å². The van der Waals surface area contributed by atoms with E-state index in [0.717, 1.165) is 11.8 Å². The maximum absolute atomic E-state index is 12.1. The summed E-state index contributed by atoms with van der Waals surface area (Å²) in [5.41, 5.74) is 5.85. The molecule has 1 aliphatic rings. The number of hydrogen-bond donors (Lipinski definition) is 2. The Morgan fingerprint density at radius 3 is 2.64 bits per heavy atom. The van der Waals surface area contributed by atoms with Crippen LogP contribution >= 0.6 is 23.4 Å². The van der Waals surface area contributed by atoms with Crippen LogP contribution in [0.5, 0.6) is 11.5 Å². The van der Waals surface area contributed by atoms with E-state index in [4.69, 9.17) is 26.8 Å². The Morgan fingerprint density at radius 2 is 2.09 bits per heavy atom. The van der Waals surface area contributed by atoms with Crippen LogP contribution < -0.4 is 20.5 Å². The highest BCUT2D eigenvalue weighted by atomic mass is 35.5. The maximum atomic E-state index is 12.1. The Kier molecular flexibility index (Phi) is 5.15. The smallest absolute Gasteiger partial charge is 0.262 e. The van der Waals surface area contributed by atoms with Crippen molar-refractivity contribution < 1.29 is 19.1 Å². The summed E-state index contributed by atoms with van der Waals surface area (Å²) in [4.78, 5) is 27.2. The largest absolute Gasteiger partial charge is 0.495 e. The first-order chi connectivity index (χ1) is 10.4. The topological polar surface area (TPSA) is 103 Å². The number of nitrogens with two attached hydrogens (primary N) is 1. The maximum Gasteiger partial charge on any atom is 0.262 e. The quantitative estimate of drug-likeness (QED) is 0.842. The number of methoxy groups -OCH3 is 2. The zero-order valence-corrected chi connectivity index (χ0v) is 13.5. The van der Waals surface area contributed by atoms with Crippen molar-refractivity contribution in [1.82, 2.24) is 0 Å². The molecule has 2 amide bonds. The third-order valence-electron chi connectivity index (χ3n) is 2.88. The van der Waals surface area contributed by atoms with Gasteiger partial charge in [0, 0.05) is 18.6 Å². The highest BCUT2D eigenvalue weighted by molar-refractivity contribution is 8.15. The van der Waals surface area contributed by atoms with Crippen molar-refractivity contribution >= 4 is 46.0 Å². The summed E-state index contributed by atoms with van der Waals surface area (Å²) < 4.78 is 10.3. The Hall–Kier alpha value is -1.93. The molecule has 1 aromatic carbocycles. The number of amidine groups is 1. The van der Waals surface area contributed by atoms with Gasteiger partial charge in [-0.05, 0) is 0 Å². The van der Waals surface area contributed by atoms with E-state index < -0.39 is 11.2 Å². The fourth-order valence-corrected chi connectivity index (χ4v) is 2.91. The Balaban J connectivity index is 2.10. The van der Waals surface area contributed by atoms with Gasteiger partial charge in [-0.3, -0.25) is 9.59 Å². The molecule has 22 heavy (non-hydrogen) atoms. The van der Waals surface area contributed by atoms with Crippen LogP contribution in [0.25, 0.3) is 0 Å². The third kappa shape index (κ3) is 3.63. The second-order valence-electron chi connectivity index (χ2n) is 4.33. The molecule has 0 bridgehead atoms. The molecule has 1 unspecified atom stereocenters. The Bertz CT molecular complexity index is 650. The molecule has 1 atom stereocenters. The van der Waals surface area contributed by atoms with Crippen molar-refractivity contribution in [3.05, 3.63) is 17.2 Å². The lowest BCUT2D eigenvalue weighted by molar-refractivity contribution is -0.121. The van der Waals surface area contributed by atoms with Crippen LogP contribution in [-0.2, 0) is 9.59 Å². The van der Waals surface area contributed by atoms with Crippen molar-refractivity contribution in [3.63, 3.8) is 0 Å². The molecule has 118 valence electrons. The van der Waals surface area contributed by atoms with Crippen molar-refractivity contribution in [1.29, 1.82) is 0 Å². The normalized spacial score (nSPS) is 17.1. The van der Waals surface area contributed by atoms with Crippen LogP contribution in [0.2, 0.25) is 5.02 Å². The minimum atomic E-state index is -0.597. The van der Waals surface area contributed by atoms with E-state index in [2.05, 4.69) is 10.3 Å². The van der Waals surface area contributed by atoms with Crippen molar-refractivity contribution in [3.8, 4) is 11.5 Å². The number of nitrogens with one attached hydrogen (secondary N) is 1. The molecule has 1 aromatic rings. The number of ether oxygens (including phenoxy) is 2. The van der Waals surface area contributed by atoms with Crippen molar-refractivity contribution in [2.45, 2.75) is 11.7 Å². The van der Waals surface area contributed by atoms with E-state index in [1.807, 2.05) is 0 Å². The molecule has 0 aromatic heterocycles. The molecule has 1 aliphatic heterocycles. The Labute approximate surface area is 136 Å². The minimum Gasteiger partial charge on any atom is -0.495 e. The molecule has 0 aliphatic carbocycles. The van der Waals surface area contributed by atoms with Gasteiger partial charge in [0.05, 0.1) is 24.9 Å². The number of rotatable bonds is 5. The summed E-state index contributed by atoms with van der Waals surface area (Å²) >= 11 is 7.07. The SMILES string of the molecule is COc1cc(NC(=O)CC2SC(N)=NC2=O)c(OC)cc1Cl. The summed E-state index contributed by atoms with van der Waals surface area (Å²) in [6.07, 6.45) is -0.0399. The van der Waals surface area contributed by atoms with Crippen LogP contribution in [0.3, 0.4) is 0 Å². The van der Waals surface area contributed by atoms with Gasteiger partial charge in [-0.2, -0.15) is 4.99 Å². The number of thioether (sulfide) groups is 1. The number of carbonyl (C=O) groups is 2. The first-order valence-electron chi connectivity index (χ1n) is 6.20. The number of halogens is 1. The molecule has 3 N–H and O–H groups in total. The number of nitrogens with zero attached hydrogens (tertiary/aromatic N) is 1. The highest BCUT2D eigenvalue weighted by Crippen LogP contribution is 2.36. The number of amides is 2. The van der Waals surface area contributed by atoms with Crippen LogP contribution in [0.1, 0.15) is 6.42 Å². The second-order valence-corrected chi connectivity index (χ2v) is 5.96. The molecular formula is C13H14ClN3O4S. The summed E-state index contributed by atoms with van der Waals surface area (Å²) in [6.45, 7) is 0. The van der Waals surface area contributed by atoms with Gasteiger partial charge in [0.2, 0.25) is 5.91 Å². The fourth-order valence-electron chi connectivity index (χ4n) is 1.86. The van der Waals surface area contributed by atoms with Gasteiger partial charge in [-0.15, -0.1) is 0 Å². The molecule has 2 rings (SSSR count). The van der Waals surface area contributed by atoms with Crippen LogP contribution in [-0.4, -0.2) is 36.5 Å². The summed E-state index contributed by atoms with van der Waals surface area (Å²) in [6, 6.07) is 3.08. The van der Waals surface area contributed by atoms with Gasteiger partial charge < -0.3 is 20.5 Å². The van der Waals surface area contributed by atoms with Gasteiger partial charge in [0.25, 0.3) is 5.91 Å². The predicted molar refractivity (Wildman–Crippen MR) is 85.8 cm³/mol. The molecule has 0 saturated heterocycles. The molecule has 0 spiro atoms. The lowest BCUT2D eigenvalue weighted by atomic mass is 10.2. The first-order valence-corrected chi connectivity index (χ1v) is 7.46. The summed E-state index contributed by atoms with van der Waals surface area (Å²) in [5.74, 6) is 0.0219. The van der Waals surface area contributed by atoms with E-state index in [1.54, 1.807) is 6.07 Å². The highest BCUT2D eigenvalue weighted by Gasteiger charge is 2.29. The standard InChI is InChI=1S/C13H14ClN3O4S/c1-20-8-4-7(9(21-2)3-6(8)14)16-11(18)5-10-12(19)17-13(15)22-10/h3-4,10H,5H2,1-2H3,(H,16,18)(H2,15,17,19). The predicted octanol–water partition coefficient (Wildman–Crippen LogP) is 1.64. The van der Waals surface area contributed by atoms with Gasteiger partial charge >= 0.3 is 0 Å². The monoisotopic (exact) mass is 343 g/mol. The van der Waals surface area contributed by atoms with Gasteiger partial charge in [-0.25, -0.2) is 0 Å². The number of benzene rings is 1. The van der Waals surface area contributed by atoms with Crippen LogP contribution in [0.15, 0.2) is 17.1 Å². The first kappa shape index (κ1) is 16.4. The molecular weight excluding hydrogens is 330 g/mol. The minimum absolute atomic E-state index is 0.0399. The second kappa shape index (κ2) is 6.89. The Morgan fingerprint density at radius 1 is 1.41 bits per heavy atom. The molecule has 0 radical (unpaired) electrons. The van der Waals surface area contributed by atoms with Crippen molar-refractivity contribution in [2.75, 3.05) is 19.5 Å².